The molecule has 2 heterocycles. The van der Waals surface area contributed by atoms with Crippen molar-refractivity contribution in [2.24, 2.45) is 11.1 Å². The van der Waals surface area contributed by atoms with Crippen LogP contribution in [0.25, 0.3) is 0 Å². The van der Waals surface area contributed by atoms with Crippen molar-refractivity contribution in [2.45, 2.75) is 32.0 Å². The first-order chi connectivity index (χ1) is 16.2. The van der Waals surface area contributed by atoms with Crippen LogP contribution in [0.3, 0.4) is 0 Å². The van der Waals surface area contributed by atoms with Gasteiger partial charge in [0.1, 0.15) is 16.5 Å². The van der Waals surface area contributed by atoms with E-state index in [-0.39, 0.29) is 33.1 Å². The Morgan fingerprint density at radius 3 is 2.34 bits per heavy atom. The number of aromatic nitrogens is 2. The highest BCUT2D eigenvalue weighted by Crippen LogP contribution is 2.32. The van der Waals surface area contributed by atoms with Crippen molar-refractivity contribution in [1.29, 1.82) is 0 Å². The highest BCUT2D eigenvalue weighted by molar-refractivity contribution is 8.71. The van der Waals surface area contributed by atoms with Gasteiger partial charge in [-0.15, -0.1) is 0 Å². The molecule has 0 bridgehead atoms. The number of anilines is 3. The van der Waals surface area contributed by atoms with Gasteiger partial charge in [0.15, 0.2) is 0 Å². The Morgan fingerprint density at radius 2 is 1.83 bits per heavy atom. The number of benzene rings is 1. The smallest absolute Gasteiger partial charge is 0.407 e. The van der Waals surface area contributed by atoms with Gasteiger partial charge in [0.25, 0.3) is 5.91 Å². The fraction of sp³-hybridized carbons (Fsp3) is 0.429. The fourth-order valence-electron chi connectivity index (χ4n) is 3.78. The molecule has 35 heavy (non-hydrogen) atoms. The van der Waals surface area contributed by atoms with Gasteiger partial charge >= 0.3 is 6.09 Å². The first kappa shape index (κ1) is 26.8. The molecule has 11 nitrogen and oxygen atoms in total. The van der Waals surface area contributed by atoms with Crippen molar-refractivity contribution in [1.82, 2.24) is 14.9 Å². The van der Waals surface area contributed by atoms with Crippen molar-refractivity contribution >= 4 is 60.5 Å². The molecule has 4 N–H and O–H groups in total. The summed E-state index contributed by atoms with van der Waals surface area (Å²) >= 11 is 6.08. The van der Waals surface area contributed by atoms with Gasteiger partial charge in [-0.1, -0.05) is 32.4 Å². The molecule has 14 heteroatoms. The molecule has 1 aromatic heterocycles. The number of nitrogens with zero attached hydrogens (tertiary/aromatic N) is 4. The van der Waals surface area contributed by atoms with Crippen LogP contribution >= 0.6 is 22.4 Å². The number of rotatable bonds is 6. The first-order valence-electron chi connectivity index (χ1n) is 10.5. The van der Waals surface area contributed by atoms with Crippen molar-refractivity contribution in [3.8, 4) is 0 Å². The van der Waals surface area contributed by atoms with Crippen molar-refractivity contribution < 1.29 is 23.1 Å². The minimum Gasteiger partial charge on any atom is -0.465 e. The van der Waals surface area contributed by atoms with Crippen LogP contribution in [0, 0.1) is 5.41 Å². The number of carbonyl (C=O) groups excluding carboxylic acids is 1. The Bertz CT molecular complexity index is 1230. The lowest BCUT2D eigenvalue weighted by Gasteiger charge is -2.46. The van der Waals surface area contributed by atoms with E-state index in [2.05, 4.69) is 20.2 Å². The maximum Gasteiger partial charge on any atom is 0.407 e. The number of hydrogen-bond donors (Lipinski definition) is 3. The third-order valence-corrected chi connectivity index (χ3v) is 7.70. The van der Waals surface area contributed by atoms with E-state index in [0.29, 0.717) is 36.1 Å². The monoisotopic (exact) mass is 542 g/mol. The number of nitrogens with two attached hydrogens (primary N) is 1. The summed E-state index contributed by atoms with van der Waals surface area (Å²) in [6.07, 6.45) is 0.0785. The SMILES string of the molecule is CC(C)(C)C1CN(c2ccc(Nc3nc(SS(C)(=O)=O)nc(Cl)c3C(N)=O)cc2)CCN1C(=O)O. The van der Waals surface area contributed by atoms with Gasteiger partial charge in [-0.3, -0.25) is 4.79 Å². The van der Waals surface area contributed by atoms with Gasteiger partial charge in [-0.25, -0.2) is 23.2 Å². The quantitative estimate of drug-likeness (QED) is 0.281. The average Bonchev–Trinajstić information content (AvgIpc) is 2.71. The normalized spacial score (nSPS) is 16.8. The van der Waals surface area contributed by atoms with Crippen LogP contribution in [0.2, 0.25) is 5.15 Å². The van der Waals surface area contributed by atoms with Gasteiger partial charge in [-0.2, -0.15) is 0 Å². The molecule has 0 aliphatic carbocycles. The van der Waals surface area contributed by atoms with E-state index in [0.717, 1.165) is 11.9 Å². The molecule has 3 rings (SSSR count). The van der Waals surface area contributed by atoms with Crippen LogP contribution in [-0.2, 0) is 8.87 Å². The number of carboxylic acid groups (broad SMARTS) is 1. The first-order valence-corrected chi connectivity index (χ1v) is 14.1. The van der Waals surface area contributed by atoms with Gasteiger partial charge in [0.2, 0.25) is 14.0 Å². The standard InChI is InChI=1S/C21H27ClN6O5S2/c1-21(2,3)14-11-27(9-10-28(14)20(30)31)13-7-5-12(6-8-13)24-18-15(17(23)29)16(22)25-19(26-18)34-35(4,32)33/h5-8,14H,9-11H2,1-4H3,(H2,23,29)(H,30,31)(H,24,25,26). The summed E-state index contributed by atoms with van der Waals surface area (Å²) in [5.41, 5.74) is 6.48. The van der Waals surface area contributed by atoms with E-state index >= 15 is 0 Å². The Morgan fingerprint density at radius 1 is 1.20 bits per heavy atom. The van der Waals surface area contributed by atoms with Crippen LogP contribution < -0.4 is 16.0 Å². The summed E-state index contributed by atoms with van der Waals surface area (Å²) in [6, 6.07) is 7.05. The van der Waals surface area contributed by atoms with E-state index in [1.807, 2.05) is 32.9 Å². The van der Waals surface area contributed by atoms with E-state index in [1.54, 1.807) is 12.1 Å². The zero-order valence-corrected chi connectivity index (χ0v) is 22.0. The summed E-state index contributed by atoms with van der Waals surface area (Å²) < 4.78 is 23.2. The molecule has 0 radical (unpaired) electrons. The highest BCUT2D eigenvalue weighted by Gasteiger charge is 2.38. The summed E-state index contributed by atoms with van der Waals surface area (Å²) in [6.45, 7) is 7.53. The zero-order valence-electron chi connectivity index (χ0n) is 19.6. The van der Waals surface area contributed by atoms with E-state index in [1.165, 1.54) is 4.90 Å². The van der Waals surface area contributed by atoms with Gasteiger partial charge < -0.3 is 26.0 Å². The molecule has 1 atom stereocenters. The molecule has 1 fully saturated rings. The maximum atomic E-state index is 11.9. The summed E-state index contributed by atoms with van der Waals surface area (Å²) in [7, 11) is -3.11. The number of amides is 2. The number of nitrogens with one attached hydrogen (secondary N) is 1. The summed E-state index contributed by atoms with van der Waals surface area (Å²) in [5.74, 6) is -0.881. The molecule has 1 aliphatic rings. The lowest BCUT2D eigenvalue weighted by Crippen LogP contribution is -2.59. The van der Waals surface area contributed by atoms with Crippen molar-refractivity contribution in [3.05, 3.63) is 35.0 Å². The number of halogens is 1. The predicted octanol–water partition coefficient (Wildman–Crippen LogP) is 3.24. The molecule has 0 spiro atoms. The van der Waals surface area contributed by atoms with Gasteiger partial charge in [0, 0.05) is 48.1 Å². The number of hydrogen-bond acceptors (Lipinski definition) is 9. The second kappa shape index (κ2) is 10.1. The molecular formula is C21H27ClN6O5S2. The molecular weight excluding hydrogens is 516 g/mol. The lowest BCUT2D eigenvalue weighted by molar-refractivity contribution is 0.0748. The number of primary amides is 1. The second-order valence-corrected chi connectivity index (χ2v) is 13.8. The summed E-state index contributed by atoms with van der Waals surface area (Å²) in [4.78, 5) is 35.2. The second-order valence-electron chi connectivity index (χ2n) is 9.15. The third kappa shape index (κ3) is 6.67. The minimum absolute atomic E-state index is 0.0146. The topological polar surface area (TPSA) is 159 Å². The maximum absolute atomic E-state index is 11.9. The number of piperazine rings is 1. The van der Waals surface area contributed by atoms with Crippen LogP contribution in [0.5, 0.6) is 0 Å². The molecule has 1 unspecified atom stereocenters. The lowest BCUT2D eigenvalue weighted by atomic mass is 9.84. The van der Waals surface area contributed by atoms with Crippen molar-refractivity contribution in [2.75, 3.05) is 36.1 Å². The zero-order chi connectivity index (χ0) is 26.1. The predicted molar refractivity (Wildman–Crippen MR) is 136 cm³/mol. The Kier molecular flexibility index (Phi) is 7.72. The molecule has 1 aliphatic heterocycles. The average molecular weight is 543 g/mol. The molecule has 0 saturated carbocycles. The molecule has 1 saturated heterocycles. The Balaban J connectivity index is 1.85. The van der Waals surface area contributed by atoms with Crippen LogP contribution in [0.1, 0.15) is 31.1 Å². The molecule has 2 amide bonds. The van der Waals surface area contributed by atoms with E-state index in [9.17, 15) is 23.1 Å². The van der Waals surface area contributed by atoms with E-state index in [4.69, 9.17) is 17.3 Å². The molecule has 190 valence electrons. The highest BCUT2D eigenvalue weighted by atomic mass is 35.5. The molecule has 1 aromatic carbocycles. The third-order valence-electron chi connectivity index (χ3n) is 5.44. The van der Waals surface area contributed by atoms with Crippen molar-refractivity contribution in [3.63, 3.8) is 0 Å². The van der Waals surface area contributed by atoms with Crippen LogP contribution in [-0.4, -0.2) is 72.3 Å². The van der Waals surface area contributed by atoms with Gasteiger partial charge in [0.05, 0.1) is 6.04 Å². The molecule has 2 aromatic rings. The fourth-order valence-corrected chi connectivity index (χ4v) is 5.65. The van der Waals surface area contributed by atoms with Crippen LogP contribution in [0.15, 0.2) is 29.4 Å². The minimum atomic E-state index is -3.52. The van der Waals surface area contributed by atoms with Crippen LogP contribution in [0.4, 0.5) is 22.0 Å². The largest absolute Gasteiger partial charge is 0.465 e. The summed E-state index contributed by atoms with van der Waals surface area (Å²) in [5, 5.41) is 12.1. The number of carbonyl (C=O) groups is 2. The van der Waals surface area contributed by atoms with E-state index < -0.39 is 20.9 Å². The Hall–Kier alpha value is -2.77. The Labute approximate surface area is 212 Å². The van der Waals surface area contributed by atoms with Gasteiger partial charge in [-0.05, 0) is 29.7 Å².